The summed E-state index contributed by atoms with van der Waals surface area (Å²) in [5.41, 5.74) is 0. The summed E-state index contributed by atoms with van der Waals surface area (Å²) in [6.45, 7) is 4.96. The second-order valence-corrected chi connectivity index (χ2v) is 24.9. The summed E-state index contributed by atoms with van der Waals surface area (Å²) in [5.74, 6) is -0.0409. The first-order chi connectivity index (χ1) is 38.5. The minimum absolute atomic E-state index is 0.0211. The van der Waals surface area contributed by atoms with Gasteiger partial charge in [0.2, 0.25) is 5.91 Å². The smallest absolute Gasteiger partial charge is 0.305 e. The number of carbonyl (C=O) groups excluding carboxylic acids is 2. The lowest BCUT2D eigenvalue weighted by atomic mass is 10.0. The van der Waals surface area contributed by atoms with Crippen LogP contribution in [0.2, 0.25) is 0 Å². The minimum atomic E-state index is -0.843. The van der Waals surface area contributed by atoms with Crippen LogP contribution in [0.15, 0.2) is 12.2 Å². The number of aliphatic hydroxyl groups is 2. The van der Waals surface area contributed by atoms with Crippen molar-refractivity contribution in [2.24, 2.45) is 0 Å². The first kappa shape index (κ1) is 76.6. The van der Waals surface area contributed by atoms with Crippen LogP contribution in [-0.2, 0) is 14.3 Å². The monoisotopic (exact) mass is 1100 g/mol. The van der Waals surface area contributed by atoms with Gasteiger partial charge < -0.3 is 20.3 Å². The minimum Gasteiger partial charge on any atom is -0.466 e. The van der Waals surface area contributed by atoms with Crippen molar-refractivity contribution in [2.45, 2.75) is 424 Å². The van der Waals surface area contributed by atoms with Gasteiger partial charge in [0.25, 0.3) is 0 Å². The number of hydrogen-bond donors (Lipinski definition) is 3. The number of amides is 1. The normalized spacial score (nSPS) is 12.5. The Bertz CT molecular complexity index is 1180. The molecule has 0 bridgehead atoms. The maximum Gasteiger partial charge on any atom is 0.305 e. The molecule has 6 heteroatoms. The topological polar surface area (TPSA) is 95.9 Å². The summed E-state index contributed by atoms with van der Waals surface area (Å²) in [4.78, 5) is 24.6. The van der Waals surface area contributed by atoms with Gasteiger partial charge in [0.1, 0.15) is 0 Å². The van der Waals surface area contributed by atoms with Gasteiger partial charge in [-0.05, 0) is 32.1 Å². The fourth-order valence-corrected chi connectivity index (χ4v) is 11.6. The molecule has 0 fully saturated rings. The number of unbranched alkanes of at least 4 members (excludes halogenated alkanes) is 57. The maximum atomic E-state index is 12.5. The Kier molecular flexibility index (Phi) is 66.9. The molecule has 0 radical (unpaired) electrons. The molecule has 2 unspecified atom stereocenters. The van der Waals surface area contributed by atoms with E-state index in [9.17, 15) is 19.8 Å². The predicted octanol–water partition coefficient (Wildman–Crippen LogP) is 23.1. The molecular weight excluding hydrogens is 959 g/mol. The maximum absolute atomic E-state index is 12.5. The van der Waals surface area contributed by atoms with E-state index < -0.39 is 12.1 Å². The lowest BCUT2D eigenvalue weighted by Gasteiger charge is -2.20. The number of esters is 1. The number of ether oxygens (including phenoxy) is 1. The number of allylic oxidation sites excluding steroid dienone is 1. The summed E-state index contributed by atoms with van der Waals surface area (Å²) >= 11 is 0. The molecule has 2 atom stereocenters. The Balaban J connectivity index is 3.36. The van der Waals surface area contributed by atoms with Gasteiger partial charge in [-0.2, -0.15) is 0 Å². The molecule has 0 spiro atoms. The molecule has 1 amide bonds. The first-order valence-electron chi connectivity index (χ1n) is 36.0. The van der Waals surface area contributed by atoms with Crippen LogP contribution in [0.4, 0.5) is 0 Å². The van der Waals surface area contributed by atoms with E-state index in [1.165, 1.54) is 347 Å². The van der Waals surface area contributed by atoms with Crippen molar-refractivity contribution in [3.05, 3.63) is 12.2 Å². The van der Waals surface area contributed by atoms with Crippen LogP contribution in [0.3, 0.4) is 0 Å². The molecule has 78 heavy (non-hydrogen) atoms. The molecule has 3 N–H and O–H groups in total. The highest BCUT2D eigenvalue weighted by molar-refractivity contribution is 5.76. The van der Waals surface area contributed by atoms with E-state index in [-0.39, 0.29) is 18.5 Å². The van der Waals surface area contributed by atoms with Gasteiger partial charge in [-0.25, -0.2) is 0 Å². The van der Waals surface area contributed by atoms with E-state index >= 15 is 0 Å². The van der Waals surface area contributed by atoms with Crippen molar-refractivity contribution in [1.82, 2.24) is 5.32 Å². The summed E-state index contributed by atoms with van der Waals surface area (Å²) in [7, 11) is 0. The highest BCUT2D eigenvalue weighted by Gasteiger charge is 2.18. The third-order valence-corrected chi connectivity index (χ3v) is 17.1. The second-order valence-electron chi connectivity index (χ2n) is 24.9. The second kappa shape index (κ2) is 68.1. The third kappa shape index (κ3) is 63.8. The van der Waals surface area contributed by atoms with Crippen LogP contribution in [0, 0.1) is 0 Å². The Hall–Kier alpha value is -1.40. The summed E-state index contributed by atoms with van der Waals surface area (Å²) in [6, 6.07) is -0.626. The largest absolute Gasteiger partial charge is 0.466 e. The number of rotatable bonds is 68. The van der Waals surface area contributed by atoms with Gasteiger partial charge >= 0.3 is 5.97 Å². The zero-order valence-electron chi connectivity index (χ0n) is 53.2. The SMILES string of the molecule is CCCCCCCCCCCCCCCCCCC/C=C/C(O)C(CO)NC(=O)CCCCCCCCCCCCCCCCCCCCCCCCCCCOC(=O)CCCCCCCCCCCCCCCCCCC. The van der Waals surface area contributed by atoms with Crippen molar-refractivity contribution >= 4 is 11.9 Å². The molecule has 0 aliphatic heterocycles. The Labute approximate surface area is 489 Å². The van der Waals surface area contributed by atoms with E-state index in [2.05, 4.69) is 19.2 Å². The van der Waals surface area contributed by atoms with E-state index in [1.54, 1.807) is 6.08 Å². The molecule has 0 heterocycles. The average molecular weight is 1100 g/mol. The molecule has 0 aliphatic carbocycles. The van der Waals surface area contributed by atoms with Gasteiger partial charge in [-0.3, -0.25) is 9.59 Å². The van der Waals surface area contributed by atoms with Crippen molar-refractivity contribution in [3.8, 4) is 0 Å². The van der Waals surface area contributed by atoms with Crippen LogP contribution in [0.25, 0.3) is 0 Å². The first-order valence-corrected chi connectivity index (χ1v) is 36.0. The highest BCUT2D eigenvalue weighted by Crippen LogP contribution is 2.19. The van der Waals surface area contributed by atoms with Crippen LogP contribution in [0.5, 0.6) is 0 Å². The number of hydrogen-bond acceptors (Lipinski definition) is 5. The fraction of sp³-hybridized carbons (Fsp3) is 0.944. The standard InChI is InChI=1S/C72H141NO5/c1-3-5-7-9-11-13-15-17-19-21-29-33-36-40-44-48-52-56-60-64-70(75)69(68-74)73-71(76)65-61-57-53-49-45-41-37-34-30-27-25-23-22-24-26-28-31-35-39-43-47-51-55-59-63-67-78-72(77)66-62-58-54-50-46-42-38-32-20-18-16-14-12-10-8-6-4-2/h60,64,69-70,74-75H,3-59,61-63,65-68H2,1-2H3,(H,73,76)/b64-60+. The van der Waals surface area contributed by atoms with Crippen LogP contribution in [0.1, 0.15) is 412 Å². The van der Waals surface area contributed by atoms with Gasteiger partial charge in [0, 0.05) is 12.8 Å². The average Bonchev–Trinajstić information content (AvgIpc) is 3.44. The van der Waals surface area contributed by atoms with Crippen LogP contribution < -0.4 is 5.32 Å². The van der Waals surface area contributed by atoms with Crippen LogP contribution >= 0.6 is 0 Å². The van der Waals surface area contributed by atoms with Gasteiger partial charge in [-0.1, -0.05) is 379 Å². The Morgan fingerprint density at radius 3 is 0.872 bits per heavy atom. The quantitative estimate of drug-likeness (QED) is 0.0320. The Morgan fingerprint density at radius 1 is 0.346 bits per heavy atom. The van der Waals surface area contributed by atoms with E-state index in [0.717, 1.165) is 38.5 Å². The van der Waals surface area contributed by atoms with Crippen molar-refractivity contribution < 1.29 is 24.5 Å². The summed E-state index contributed by atoms with van der Waals surface area (Å²) < 4.78 is 5.51. The lowest BCUT2D eigenvalue weighted by Crippen LogP contribution is -2.45. The van der Waals surface area contributed by atoms with E-state index in [4.69, 9.17) is 4.74 Å². The van der Waals surface area contributed by atoms with Crippen LogP contribution in [-0.4, -0.2) is 47.4 Å². The zero-order chi connectivity index (χ0) is 56.4. The molecule has 0 saturated heterocycles. The predicted molar refractivity (Wildman–Crippen MR) is 343 cm³/mol. The summed E-state index contributed by atoms with van der Waals surface area (Å²) in [5, 5.41) is 23.2. The molecule has 6 nitrogen and oxygen atoms in total. The molecule has 0 aromatic carbocycles. The van der Waals surface area contributed by atoms with Gasteiger partial charge in [0.15, 0.2) is 0 Å². The van der Waals surface area contributed by atoms with Gasteiger partial charge in [-0.15, -0.1) is 0 Å². The zero-order valence-corrected chi connectivity index (χ0v) is 53.2. The van der Waals surface area contributed by atoms with Crippen molar-refractivity contribution in [2.75, 3.05) is 13.2 Å². The third-order valence-electron chi connectivity index (χ3n) is 17.1. The highest BCUT2D eigenvalue weighted by atomic mass is 16.5. The molecule has 0 saturated carbocycles. The Morgan fingerprint density at radius 2 is 0.590 bits per heavy atom. The van der Waals surface area contributed by atoms with Crippen molar-refractivity contribution in [3.63, 3.8) is 0 Å². The van der Waals surface area contributed by atoms with E-state index in [0.29, 0.717) is 19.4 Å². The molecule has 0 aromatic rings. The molecular formula is C72H141NO5. The van der Waals surface area contributed by atoms with Crippen molar-refractivity contribution in [1.29, 1.82) is 0 Å². The van der Waals surface area contributed by atoms with E-state index in [1.807, 2.05) is 6.08 Å². The molecule has 0 aliphatic rings. The molecule has 0 rings (SSSR count). The molecule has 0 aromatic heterocycles. The lowest BCUT2D eigenvalue weighted by molar-refractivity contribution is -0.143. The number of aliphatic hydroxyl groups excluding tert-OH is 2. The summed E-state index contributed by atoms with van der Waals surface area (Å²) in [6.07, 6.45) is 84.4. The number of carbonyl (C=O) groups is 2. The fourth-order valence-electron chi connectivity index (χ4n) is 11.6. The van der Waals surface area contributed by atoms with Gasteiger partial charge in [0.05, 0.1) is 25.4 Å². The number of nitrogens with one attached hydrogen (secondary N) is 1. The molecule has 464 valence electrons.